The first-order chi connectivity index (χ1) is 13.3. The van der Waals surface area contributed by atoms with E-state index in [4.69, 9.17) is 9.47 Å². The molecule has 164 valence electrons. The number of ether oxygens (including phenoxy) is 2. The molecule has 0 saturated carbocycles. The molecule has 0 aromatic rings. The molecule has 0 unspecified atom stereocenters. The van der Waals surface area contributed by atoms with Gasteiger partial charge in [0.05, 0.1) is 18.5 Å². The average Bonchev–Trinajstić information content (AvgIpc) is 2.69. The fraction of sp³-hybridized carbons (Fsp3) is 0.944. The van der Waals surface area contributed by atoms with Crippen LogP contribution in [0.15, 0.2) is 4.99 Å². The second-order valence-corrected chi connectivity index (χ2v) is 10.9. The highest BCUT2D eigenvalue weighted by atomic mass is 32.2. The molecule has 0 aromatic heterocycles. The van der Waals surface area contributed by atoms with Gasteiger partial charge in [-0.15, -0.1) is 0 Å². The minimum absolute atomic E-state index is 0.0382. The molecular weight excluding hydrogens is 400 g/mol. The number of nitrogens with zero attached hydrogens (tertiary/aromatic N) is 3. The first-order valence-electron chi connectivity index (χ1n) is 10.00. The number of piperazine rings is 1. The van der Waals surface area contributed by atoms with Crippen LogP contribution in [0.3, 0.4) is 0 Å². The quantitative estimate of drug-likeness (QED) is 0.446. The number of thioether (sulfide) groups is 1. The van der Waals surface area contributed by atoms with E-state index in [0.717, 1.165) is 38.6 Å². The first-order valence-corrected chi connectivity index (χ1v) is 12.8. The Bertz CT molecular complexity index is 599. The Kier molecular flexibility index (Phi) is 9.33. The Balaban J connectivity index is 1.83. The minimum atomic E-state index is -3.27. The summed E-state index contributed by atoms with van der Waals surface area (Å²) in [5.41, 5.74) is 0. The molecule has 8 nitrogen and oxygen atoms in total. The minimum Gasteiger partial charge on any atom is -0.381 e. The average molecular weight is 437 g/mol. The van der Waals surface area contributed by atoms with Crippen LogP contribution in [-0.4, -0.2) is 106 Å². The van der Waals surface area contributed by atoms with Crippen LogP contribution < -0.4 is 5.32 Å². The van der Waals surface area contributed by atoms with Gasteiger partial charge in [0.1, 0.15) is 0 Å². The Morgan fingerprint density at radius 1 is 1.25 bits per heavy atom. The fourth-order valence-corrected chi connectivity index (χ4v) is 5.54. The summed E-state index contributed by atoms with van der Waals surface area (Å²) in [7, 11) is -1.49. The SMILES string of the molecule is CN=C(NCC1(SC)CCOCC1)N1CCN(S(=O)(=O)CCOC(C)C)CC1. The molecule has 0 atom stereocenters. The lowest BCUT2D eigenvalue weighted by Gasteiger charge is -2.39. The third-order valence-electron chi connectivity index (χ3n) is 5.34. The van der Waals surface area contributed by atoms with Crippen LogP contribution in [0, 0.1) is 0 Å². The predicted molar refractivity (Wildman–Crippen MR) is 116 cm³/mol. The van der Waals surface area contributed by atoms with Gasteiger partial charge in [0, 0.05) is 57.7 Å². The smallest absolute Gasteiger partial charge is 0.216 e. The van der Waals surface area contributed by atoms with Crippen LogP contribution in [0.2, 0.25) is 0 Å². The summed E-state index contributed by atoms with van der Waals surface area (Å²) in [6.07, 6.45) is 4.26. The number of sulfonamides is 1. The van der Waals surface area contributed by atoms with E-state index in [0.29, 0.717) is 26.2 Å². The second kappa shape index (κ2) is 11.0. The topological polar surface area (TPSA) is 83.5 Å². The number of nitrogens with one attached hydrogen (secondary N) is 1. The maximum absolute atomic E-state index is 12.5. The maximum Gasteiger partial charge on any atom is 0.216 e. The van der Waals surface area contributed by atoms with E-state index in [2.05, 4.69) is 21.5 Å². The number of hydrogen-bond donors (Lipinski definition) is 1. The highest BCUT2D eigenvalue weighted by Gasteiger charge is 2.33. The van der Waals surface area contributed by atoms with Gasteiger partial charge in [-0.25, -0.2) is 8.42 Å². The van der Waals surface area contributed by atoms with Gasteiger partial charge in [0.2, 0.25) is 10.0 Å². The Hall–Kier alpha value is -0.550. The molecule has 0 aliphatic carbocycles. The van der Waals surface area contributed by atoms with E-state index in [-0.39, 0.29) is 23.2 Å². The predicted octanol–water partition coefficient (Wildman–Crippen LogP) is 0.846. The highest BCUT2D eigenvalue weighted by Crippen LogP contribution is 2.33. The van der Waals surface area contributed by atoms with Crippen LogP contribution >= 0.6 is 11.8 Å². The lowest BCUT2D eigenvalue weighted by atomic mass is 9.99. The van der Waals surface area contributed by atoms with Gasteiger partial charge >= 0.3 is 0 Å². The maximum atomic E-state index is 12.5. The van der Waals surface area contributed by atoms with Crippen LogP contribution in [-0.2, 0) is 19.5 Å². The molecule has 28 heavy (non-hydrogen) atoms. The zero-order valence-electron chi connectivity index (χ0n) is 17.6. The van der Waals surface area contributed by atoms with Crippen molar-refractivity contribution in [3.05, 3.63) is 0 Å². The fourth-order valence-electron chi connectivity index (χ4n) is 3.47. The Morgan fingerprint density at radius 2 is 1.89 bits per heavy atom. The highest BCUT2D eigenvalue weighted by molar-refractivity contribution is 8.00. The third-order valence-corrected chi connectivity index (χ3v) is 8.59. The van der Waals surface area contributed by atoms with Crippen molar-refractivity contribution in [3.63, 3.8) is 0 Å². The lowest BCUT2D eigenvalue weighted by Crippen LogP contribution is -2.56. The van der Waals surface area contributed by atoms with E-state index in [1.165, 1.54) is 0 Å². The van der Waals surface area contributed by atoms with E-state index >= 15 is 0 Å². The van der Waals surface area contributed by atoms with Crippen LogP contribution in [0.1, 0.15) is 26.7 Å². The molecular formula is C18H36N4O4S2. The largest absolute Gasteiger partial charge is 0.381 e. The monoisotopic (exact) mass is 436 g/mol. The molecule has 0 bridgehead atoms. The van der Waals surface area contributed by atoms with Gasteiger partial charge < -0.3 is 19.7 Å². The van der Waals surface area contributed by atoms with Crippen molar-refractivity contribution >= 4 is 27.7 Å². The summed E-state index contributed by atoms with van der Waals surface area (Å²) in [5, 5.41) is 3.51. The van der Waals surface area contributed by atoms with Gasteiger partial charge in [0.15, 0.2) is 5.96 Å². The molecule has 0 spiro atoms. The summed E-state index contributed by atoms with van der Waals surface area (Å²) in [4.78, 5) is 6.56. The molecule has 2 aliphatic rings. The third kappa shape index (κ3) is 6.76. The second-order valence-electron chi connectivity index (χ2n) is 7.52. The van der Waals surface area contributed by atoms with E-state index in [1.54, 1.807) is 11.4 Å². The van der Waals surface area contributed by atoms with E-state index < -0.39 is 10.0 Å². The summed E-state index contributed by atoms with van der Waals surface area (Å²) in [5.74, 6) is 0.885. The molecule has 0 amide bonds. The lowest BCUT2D eigenvalue weighted by molar-refractivity contribution is 0.0780. The normalized spacial score (nSPS) is 21.9. The first kappa shape index (κ1) is 23.7. The van der Waals surface area contributed by atoms with Crippen molar-refractivity contribution in [2.75, 3.05) is 71.6 Å². The summed E-state index contributed by atoms with van der Waals surface area (Å²) < 4.78 is 37.6. The molecule has 1 N–H and O–H groups in total. The number of aliphatic imine (C=N–C) groups is 1. The Labute approximate surface area is 174 Å². The van der Waals surface area contributed by atoms with Crippen LogP contribution in [0.25, 0.3) is 0 Å². The van der Waals surface area contributed by atoms with E-state index in [9.17, 15) is 8.42 Å². The zero-order valence-corrected chi connectivity index (χ0v) is 19.3. The van der Waals surface area contributed by atoms with Gasteiger partial charge in [0.25, 0.3) is 0 Å². The number of hydrogen-bond acceptors (Lipinski definition) is 6. The van der Waals surface area contributed by atoms with E-state index in [1.807, 2.05) is 25.6 Å². The standard InChI is InChI=1S/C18H36N4O4S2/c1-16(2)26-13-14-28(23,24)22-9-7-21(8-10-22)17(19-3)20-15-18(27-4)5-11-25-12-6-18/h16H,5-15H2,1-4H3,(H,19,20). The molecule has 2 saturated heterocycles. The summed E-state index contributed by atoms with van der Waals surface area (Å²) in [6.45, 7) is 8.74. The molecule has 10 heteroatoms. The van der Waals surface area contributed by atoms with Crippen molar-refractivity contribution in [3.8, 4) is 0 Å². The van der Waals surface area contributed by atoms with Gasteiger partial charge in [-0.05, 0) is 32.9 Å². The number of guanidine groups is 1. The number of rotatable bonds is 8. The van der Waals surface area contributed by atoms with Gasteiger partial charge in [-0.1, -0.05) is 0 Å². The molecule has 2 rings (SSSR count). The van der Waals surface area contributed by atoms with Crippen molar-refractivity contribution < 1.29 is 17.9 Å². The van der Waals surface area contributed by atoms with Crippen LogP contribution in [0.4, 0.5) is 0 Å². The van der Waals surface area contributed by atoms with Crippen molar-refractivity contribution in [1.82, 2.24) is 14.5 Å². The van der Waals surface area contributed by atoms with Gasteiger partial charge in [-0.2, -0.15) is 16.1 Å². The van der Waals surface area contributed by atoms with Gasteiger partial charge in [-0.3, -0.25) is 4.99 Å². The molecule has 0 radical (unpaired) electrons. The molecule has 0 aromatic carbocycles. The Morgan fingerprint density at radius 3 is 2.43 bits per heavy atom. The molecule has 2 heterocycles. The van der Waals surface area contributed by atoms with Crippen molar-refractivity contribution in [2.24, 2.45) is 4.99 Å². The van der Waals surface area contributed by atoms with Crippen molar-refractivity contribution in [2.45, 2.75) is 37.5 Å². The van der Waals surface area contributed by atoms with Crippen LogP contribution in [0.5, 0.6) is 0 Å². The molecule has 2 fully saturated rings. The van der Waals surface area contributed by atoms with Crippen molar-refractivity contribution in [1.29, 1.82) is 0 Å². The molecule has 2 aliphatic heterocycles. The summed E-state index contributed by atoms with van der Waals surface area (Å²) >= 11 is 1.89. The summed E-state index contributed by atoms with van der Waals surface area (Å²) in [6, 6.07) is 0. The zero-order chi connectivity index (χ0) is 20.6.